The van der Waals surface area contributed by atoms with E-state index < -0.39 is 0 Å². The molecule has 1 amide bonds. The van der Waals surface area contributed by atoms with Gasteiger partial charge in [-0.05, 0) is 5.56 Å². The van der Waals surface area contributed by atoms with Gasteiger partial charge in [-0.1, -0.05) is 42.5 Å². The van der Waals surface area contributed by atoms with Gasteiger partial charge in [-0.2, -0.15) is 0 Å². The van der Waals surface area contributed by atoms with Crippen molar-refractivity contribution in [1.82, 2.24) is 15.1 Å². The zero-order valence-corrected chi connectivity index (χ0v) is 13.9. The highest BCUT2D eigenvalue weighted by Gasteiger charge is 2.19. The predicted octanol–water partition coefficient (Wildman–Crippen LogP) is 1.08. The molecule has 2 rings (SSSR count). The van der Waals surface area contributed by atoms with Crippen LogP contribution in [0.4, 0.5) is 0 Å². The number of nitrogens with zero attached hydrogens (tertiary/aromatic N) is 2. The molecule has 5 nitrogen and oxygen atoms in total. The Morgan fingerprint density at radius 2 is 1.96 bits per heavy atom. The molecule has 1 heterocycles. The normalized spacial score (nSPS) is 16.1. The summed E-state index contributed by atoms with van der Waals surface area (Å²) < 4.78 is 4.95. The Bertz CT molecular complexity index is 482. The molecule has 0 unspecified atom stereocenters. The maximum atomic E-state index is 12.1. The van der Waals surface area contributed by atoms with E-state index in [0.29, 0.717) is 19.7 Å². The first-order chi connectivity index (χ1) is 11.3. The molecular weight excluding hydrogens is 290 g/mol. The van der Waals surface area contributed by atoms with Crippen LogP contribution < -0.4 is 5.32 Å². The first-order valence-corrected chi connectivity index (χ1v) is 8.21. The van der Waals surface area contributed by atoms with Crippen LogP contribution in [0.1, 0.15) is 5.56 Å². The van der Waals surface area contributed by atoms with Crippen molar-refractivity contribution in [1.29, 1.82) is 0 Å². The van der Waals surface area contributed by atoms with Crippen LogP contribution in [0.2, 0.25) is 0 Å². The largest absolute Gasteiger partial charge is 0.383 e. The van der Waals surface area contributed by atoms with Gasteiger partial charge >= 0.3 is 0 Å². The van der Waals surface area contributed by atoms with Crippen molar-refractivity contribution in [3.05, 3.63) is 42.0 Å². The molecule has 1 N–H and O–H groups in total. The van der Waals surface area contributed by atoms with E-state index in [9.17, 15) is 4.79 Å². The fourth-order valence-corrected chi connectivity index (χ4v) is 2.56. The van der Waals surface area contributed by atoms with E-state index in [0.717, 1.165) is 32.7 Å². The van der Waals surface area contributed by atoms with E-state index in [4.69, 9.17) is 4.74 Å². The van der Waals surface area contributed by atoms with Gasteiger partial charge in [0.1, 0.15) is 0 Å². The molecule has 1 saturated heterocycles. The molecule has 126 valence electrons. The van der Waals surface area contributed by atoms with Crippen LogP contribution in [-0.2, 0) is 9.53 Å². The molecule has 0 atom stereocenters. The lowest BCUT2D eigenvalue weighted by molar-refractivity contribution is -0.131. The molecule has 0 bridgehead atoms. The van der Waals surface area contributed by atoms with E-state index in [2.05, 4.69) is 34.5 Å². The number of benzene rings is 1. The number of methoxy groups -OCH3 is 1. The number of hydrogen-bond donors (Lipinski definition) is 1. The van der Waals surface area contributed by atoms with Crippen molar-refractivity contribution in [2.45, 2.75) is 0 Å². The van der Waals surface area contributed by atoms with Gasteiger partial charge in [0.05, 0.1) is 13.2 Å². The van der Waals surface area contributed by atoms with Crippen LogP contribution in [0.5, 0.6) is 0 Å². The molecule has 0 aromatic heterocycles. The summed E-state index contributed by atoms with van der Waals surface area (Å²) in [5.74, 6) is 0.181. The first kappa shape index (κ1) is 17.7. The average molecular weight is 317 g/mol. The van der Waals surface area contributed by atoms with Gasteiger partial charge in [-0.25, -0.2) is 0 Å². The van der Waals surface area contributed by atoms with E-state index in [1.807, 2.05) is 23.1 Å². The summed E-state index contributed by atoms with van der Waals surface area (Å²) in [5.41, 5.74) is 1.23. The van der Waals surface area contributed by atoms with E-state index >= 15 is 0 Å². The first-order valence-electron chi connectivity index (χ1n) is 8.21. The number of carbonyl (C=O) groups is 1. The zero-order valence-electron chi connectivity index (χ0n) is 13.9. The van der Waals surface area contributed by atoms with Crippen molar-refractivity contribution < 1.29 is 9.53 Å². The Morgan fingerprint density at radius 3 is 2.65 bits per heavy atom. The van der Waals surface area contributed by atoms with Gasteiger partial charge in [0.2, 0.25) is 5.91 Å². The summed E-state index contributed by atoms with van der Waals surface area (Å²) in [7, 11) is 1.66. The number of carbonyl (C=O) groups excluding carboxylic acids is 1. The Balaban J connectivity index is 1.63. The quantitative estimate of drug-likeness (QED) is 0.729. The van der Waals surface area contributed by atoms with Crippen molar-refractivity contribution in [3.63, 3.8) is 0 Å². The lowest BCUT2D eigenvalue weighted by Gasteiger charge is -2.34. The standard InChI is InChI=1S/C18H27N3O2/c1-23-15-9-19-16-18(22)21-13-11-20(12-14-21)10-5-8-17-6-3-2-4-7-17/h2-8,19H,9-16H2,1H3/b8-5+. The molecule has 0 radical (unpaired) electrons. The molecule has 1 aromatic rings. The summed E-state index contributed by atoms with van der Waals surface area (Å²) in [6.07, 6.45) is 4.34. The molecule has 0 aliphatic carbocycles. The number of nitrogens with one attached hydrogen (secondary N) is 1. The highest BCUT2D eigenvalue weighted by molar-refractivity contribution is 5.78. The van der Waals surface area contributed by atoms with Gasteiger partial charge in [0, 0.05) is 46.4 Å². The monoisotopic (exact) mass is 317 g/mol. The second-order valence-electron chi connectivity index (χ2n) is 5.66. The third-order valence-electron chi connectivity index (χ3n) is 3.96. The summed E-state index contributed by atoms with van der Waals surface area (Å²) in [5, 5.41) is 3.11. The number of rotatable bonds is 8. The van der Waals surface area contributed by atoms with Crippen LogP contribution in [-0.4, -0.2) is 75.2 Å². The number of ether oxygens (including phenoxy) is 1. The van der Waals surface area contributed by atoms with Crippen LogP contribution in [0.3, 0.4) is 0 Å². The number of hydrogen-bond acceptors (Lipinski definition) is 4. The smallest absolute Gasteiger partial charge is 0.236 e. The number of piperazine rings is 1. The average Bonchev–Trinajstić information content (AvgIpc) is 2.60. The van der Waals surface area contributed by atoms with Crippen LogP contribution >= 0.6 is 0 Å². The van der Waals surface area contributed by atoms with Crippen LogP contribution in [0.25, 0.3) is 6.08 Å². The summed E-state index contributed by atoms with van der Waals surface area (Å²) in [4.78, 5) is 16.4. The van der Waals surface area contributed by atoms with Gasteiger partial charge in [0.15, 0.2) is 0 Å². The predicted molar refractivity (Wildman–Crippen MR) is 93.2 cm³/mol. The molecule has 0 spiro atoms. The molecule has 5 heteroatoms. The third kappa shape index (κ3) is 6.52. The van der Waals surface area contributed by atoms with Gasteiger partial charge in [-0.3, -0.25) is 9.69 Å². The minimum atomic E-state index is 0.181. The summed E-state index contributed by atoms with van der Waals surface area (Å²) in [6, 6.07) is 10.3. The maximum Gasteiger partial charge on any atom is 0.236 e. The van der Waals surface area contributed by atoms with E-state index in [1.54, 1.807) is 7.11 Å². The van der Waals surface area contributed by atoms with Crippen molar-refractivity contribution in [2.24, 2.45) is 0 Å². The third-order valence-corrected chi connectivity index (χ3v) is 3.96. The summed E-state index contributed by atoms with van der Waals surface area (Å²) >= 11 is 0. The molecule has 1 aromatic carbocycles. The maximum absolute atomic E-state index is 12.1. The van der Waals surface area contributed by atoms with Crippen LogP contribution in [0.15, 0.2) is 36.4 Å². The van der Waals surface area contributed by atoms with Gasteiger partial charge in [0.25, 0.3) is 0 Å². The fraction of sp³-hybridized carbons (Fsp3) is 0.500. The zero-order chi connectivity index (χ0) is 16.3. The molecule has 0 saturated carbocycles. The second-order valence-corrected chi connectivity index (χ2v) is 5.66. The molecule has 1 aliphatic rings. The highest BCUT2D eigenvalue weighted by atomic mass is 16.5. The van der Waals surface area contributed by atoms with Gasteiger partial charge in [-0.15, -0.1) is 0 Å². The molecule has 23 heavy (non-hydrogen) atoms. The van der Waals surface area contributed by atoms with Crippen LogP contribution in [0, 0.1) is 0 Å². The van der Waals surface area contributed by atoms with Crippen molar-refractivity contribution in [3.8, 4) is 0 Å². The minimum Gasteiger partial charge on any atom is -0.383 e. The van der Waals surface area contributed by atoms with Gasteiger partial charge < -0.3 is 15.0 Å². The number of amides is 1. The molecular formula is C18H27N3O2. The summed E-state index contributed by atoms with van der Waals surface area (Å²) in [6.45, 7) is 6.17. The minimum absolute atomic E-state index is 0.181. The Morgan fingerprint density at radius 1 is 1.22 bits per heavy atom. The highest BCUT2D eigenvalue weighted by Crippen LogP contribution is 2.04. The van der Waals surface area contributed by atoms with Crippen molar-refractivity contribution in [2.75, 3.05) is 59.5 Å². The van der Waals surface area contributed by atoms with Crippen molar-refractivity contribution >= 4 is 12.0 Å². The van der Waals surface area contributed by atoms with E-state index in [1.165, 1.54) is 5.56 Å². The fourth-order valence-electron chi connectivity index (χ4n) is 2.56. The Labute approximate surface area is 138 Å². The Kier molecular flexibility index (Phi) is 7.80. The lowest BCUT2D eigenvalue weighted by Crippen LogP contribution is -2.50. The molecule has 1 fully saturated rings. The SMILES string of the molecule is COCCNCC(=O)N1CCN(C/C=C/c2ccccc2)CC1. The second kappa shape index (κ2) is 10.2. The topological polar surface area (TPSA) is 44.8 Å². The molecule has 1 aliphatic heterocycles. The Hall–Kier alpha value is -1.69. The van der Waals surface area contributed by atoms with E-state index in [-0.39, 0.29) is 5.91 Å². The lowest BCUT2D eigenvalue weighted by atomic mass is 10.2.